The Morgan fingerprint density at radius 3 is 2.73 bits per heavy atom. The highest BCUT2D eigenvalue weighted by Gasteiger charge is 2.11. The molecule has 0 aliphatic carbocycles. The van der Waals surface area contributed by atoms with Gasteiger partial charge in [-0.05, 0) is 48.6 Å². The van der Waals surface area contributed by atoms with Crippen molar-refractivity contribution in [2.24, 2.45) is 0 Å². The Bertz CT molecular complexity index is 304. The molecule has 0 fully saturated rings. The lowest BCUT2D eigenvalue weighted by Crippen LogP contribution is -1.95. The Hall–Kier alpha value is -0.980. The van der Waals surface area contributed by atoms with Gasteiger partial charge in [0.05, 0.1) is 0 Å². The molecule has 0 amide bonds. The zero-order chi connectivity index (χ0) is 11.3. The van der Waals surface area contributed by atoms with Gasteiger partial charge in [0.25, 0.3) is 0 Å². The van der Waals surface area contributed by atoms with E-state index >= 15 is 0 Å². The normalized spacial score (nSPS) is 12.7. The van der Waals surface area contributed by atoms with Crippen molar-refractivity contribution < 1.29 is 5.11 Å². The second-order valence-electron chi connectivity index (χ2n) is 4.34. The summed E-state index contributed by atoms with van der Waals surface area (Å²) >= 11 is 0. The van der Waals surface area contributed by atoms with Crippen LogP contribution in [0.5, 0.6) is 5.75 Å². The quantitative estimate of drug-likeness (QED) is 0.715. The zero-order valence-electron chi connectivity index (χ0n) is 10.0. The number of phenols is 1. The van der Waals surface area contributed by atoms with E-state index in [1.54, 1.807) is 0 Å². The summed E-state index contributed by atoms with van der Waals surface area (Å²) in [6, 6.07) is 6.83. The third-order valence-electron chi connectivity index (χ3n) is 2.96. The maximum atomic E-state index is 9.90. The first kappa shape index (κ1) is 12.1. The van der Waals surface area contributed by atoms with Gasteiger partial charge >= 0.3 is 0 Å². The summed E-state index contributed by atoms with van der Waals surface area (Å²) in [5.74, 6) is 0.894. The average molecular weight is 205 g/mol. The molecule has 0 saturated heterocycles. The number of aryl methyl sites for hydroxylation is 1. The fourth-order valence-corrected chi connectivity index (χ4v) is 1.85. The first-order valence-corrected chi connectivity index (χ1v) is 5.86. The highest BCUT2D eigenvalue weighted by atomic mass is 16.3. The fraction of sp³-hybridized carbons (Fsp3) is 0.571. The van der Waals surface area contributed by atoms with Crippen molar-refractivity contribution >= 4 is 0 Å². The molecule has 1 unspecified atom stereocenters. The van der Waals surface area contributed by atoms with Gasteiger partial charge in [-0.25, -0.2) is 0 Å². The number of aromatic hydroxyl groups is 1. The molecular weight excluding hydrogens is 184 g/mol. The zero-order valence-corrected chi connectivity index (χ0v) is 10.0. The van der Waals surface area contributed by atoms with Crippen LogP contribution in [0.15, 0.2) is 12.1 Å². The monoisotopic (exact) mass is 205 g/mol. The molecule has 1 nitrogen and oxygen atoms in total. The molecule has 1 rings (SSSR count). The van der Waals surface area contributed by atoms with E-state index in [1.165, 1.54) is 19.3 Å². The first-order valence-electron chi connectivity index (χ1n) is 5.86. The Morgan fingerprint density at radius 1 is 1.33 bits per heavy atom. The van der Waals surface area contributed by atoms with Crippen LogP contribution in [0.3, 0.4) is 0 Å². The lowest BCUT2D eigenvalue weighted by molar-refractivity contribution is 0.454. The molecule has 0 spiro atoms. The van der Waals surface area contributed by atoms with Crippen LogP contribution in [0.1, 0.15) is 56.6 Å². The molecule has 15 heavy (non-hydrogen) atoms. The van der Waals surface area contributed by atoms with Gasteiger partial charge in [-0.3, -0.25) is 0 Å². The summed E-state index contributed by atoms with van der Waals surface area (Å²) < 4.78 is 0. The minimum Gasteiger partial charge on any atom is -0.507 e. The van der Waals surface area contributed by atoms with E-state index in [1.807, 2.05) is 19.1 Å². The van der Waals surface area contributed by atoms with Crippen LogP contribution in [-0.2, 0) is 0 Å². The van der Waals surface area contributed by atoms with Crippen LogP contribution in [0.2, 0.25) is 0 Å². The highest BCUT2D eigenvalue weighted by Crippen LogP contribution is 2.31. The number of unbranched alkanes of at least 4 members (excludes halogenated alkanes) is 2. The van der Waals surface area contributed by atoms with Crippen LogP contribution in [0.4, 0.5) is 0 Å². The van der Waals surface area contributed by atoms with E-state index in [2.05, 4.69) is 19.9 Å². The summed E-state index contributed by atoms with van der Waals surface area (Å²) in [5, 5.41) is 9.90. The summed E-state index contributed by atoms with van der Waals surface area (Å²) in [6.07, 6.45) is 4.92. The van der Waals surface area contributed by atoms with E-state index < -0.39 is 0 Å². The predicted octanol–water partition coefficient (Wildman–Crippen LogP) is 4.18. The molecule has 1 aromatic carbocycles. The number of rotatable bonds is 5. The Balaban J connectivity index is 2.65. The Labute approximate surface area is 93.1 Å². The van der Waals surface area contributed by atoms with Crippen molar-refractivity contribution in [3.8, 4) is 5.75 Å². The number of hydrogen-bond donors (Lipinski definition) is 1. The van der Waals surface area contributed by atoms with Crippen LogP contribution >= 0.6 is 0 Å². The van der Waals surface area contributed by atoms with Crippen molar-refractivity contribution in [1.82, 2.24) is 0 Å². The Kier molecular flexibility index (Phi) is 4.67. The lowest BCUT2D eigenvalue weighted by atomic mass is 9.93. The molecule has 0 aliphatic rings. The average Bonchev–Trinajstić information content (AvgIpc) is 2.22. The third kappa shape index (κ3) is 3.26. The minimum absolute atomic E-state index is 0.438. The number of phenolic OH excluding ortho intramolecular Hbond substituents is 1. The number of benzene rings is 1. The topological polar surface area (TPSA) is 20.2 Å². The second-order valence-corrected chi connectivity index (χ2v) is 4.34. The van der Waals surface area contributed by atoms with Gasteiger partial charge in [-0.2, -0.15) is 0 Å². The molecule has 0 aromatic heterocycles. The third-order valence-corrected chi connectivity index (χ3v) is 2.96. The predicted molar refractivity (Wildman–Crippen MR) is 64.2 cm³/mol. The van der Waals surface area contributed by atoms with Gasteiger partial charge in [0, 0.05) is 0 Å². The molecule has 0 bridgehead atoms. The molecule has 1 atom stereocenters. The van der Waals surface area contributed by atoms with Crippen molar-refractivity contribution in [3.63, 3.8) is 0 Å². The van der Waals surface area contributed by atoms with Gasteiger partial charge < -0.3 is 5.11 Å². The van der Waals surface area contributed by atoms with Crippen molar-refractivity contribution in [1.29, 1.82) is 0 Å². The van der Waals surface area contributed by atoms with Crippen LogP contribution < -0.4 is 0 Å². The number of hydrogen-bond acceptors (Lipinski definition) is 1. The maximum absolute atomic E-state index is 9.90. The lowest BCUT2D eigenvalue weighted by Gasteiger charge is -2.14. The molecule has 0 aliphatic heterocycles. The largest absolute Gasteiger partial charge is 0.507 e. The van der Waals surface area contributed by atoms with E-state index in [0.717, 1.165) is 17.5 Å². The van der Waals surface area contributed by atoms with E-state index in [-0.39, 0.29) is 0 Å². The molecule has 1 N–H and O–H groups in total. The molecule has 1 aromatic rings. The van der Waals surface area contributed by atoms with Crippen molar-refractivity contribution in [3.05, 3.63) is 29.3 Å². The molecule has 83 valence electrons. The molecule has 0 heterocycles. The first-order chi connectivity index (χ1) is 7.16. The second kappa shape index (κ2) is 5.79. The maximum Gasteiger partial charge on any atom is 0.121 e. The van der Waals surface area contributed by atoms with E-state index in [9.17, 15) is 5.11 Å². The minimum atomic E-state index is 0.438. The molecular formula is C14H21O. The van der Waals surface area contributed by atoms with Crippen molar-refractivity contribution in [2.45, 2.75) is 52.4 Å². The van der Waals surface area contributed by atoms with Crippen molar-refractivity contribution in [2.75, 3.05) is 0 Å². The molecule has 1 radical (unpaired) electrons. The highest BCUT2D eigenvalue weighted by molar-refractivity contribution is 5.40. The molecule has 0 saturated carbocycles. The van der Waals surface area contributed by atoms with Crippen LogP contribution in [0, 0.1) is 13.0 Å². The van der Waals surface area contributed by atoms with Gasteiger partial charge in [0.15, 0.2) is 0 Å². The van der Waals surface area contributed by atoms with E-state index in [4.69, 9.17) is 0 Å². The van der Waals surface area contributed by atoms with Gasteiger partial charge in [0.1, 0.15) is 5.75 Å². The summed E-state index contributed by atoms with van der Waals surface area (Å²) in [5.41, 5.74) is 1.97. The fourth-order valence-electron chi connectivity index (χ4n) is 1.85. The SMILES string of the molecule is CCCCCC(C)c1c[c]cc(C)c1O. The van der Waals surface area contributed by atoms with Gasteiger partial charge in [-0.15, -0.1) is 0 Å². The standard InChI is InChI=1S/C14H21O/c1-4-5-6-8-11(2)13-10-7-9-12(3)14(13)15/h9-11,15H,4-6,8H2,1-3H3. The molecule has 1 heteroatoms. The van der Waals surface area contributed by atoms with Gasteiger partial charge in [0.2, 0.25) is 0 Å². The summed E-state index contributed by atoms with van der Waals surface area (Å²) in [7, 11) is 0. The smallest absolute Gasteiger partial charge is 0.121 e. The summed E-state index contributed by atoms with van der Waals surface area (Å²) in [4.78, 5) is 0. The van der Waals surface area contributed by atoms with Crippen LogP contribution in [0.25, 0.3) is 0 Å². The Morgan fingerprint density at radius 2 is 2.07 bits per heavy atom. The van der Waals surface area contributed by atoms with E-state index in [0.29, 0.717) is 11.7 Å². The van der Waals surface area contributed by atoms with Gasteiger partial charge in [-0.1, -0.05) is 33.1 Å². The van der Waals surface area contributed by atoms with Crippen LogP contribution in [-0.4, -0.2) is 5.11 Å². The summed E-state index contributed by atoms with van der Waals surface area (Å²) in [6.45, 7) is 6.31.